The molecule has 0 fully saturated rings. The zero-order chi connectivity index (χ0) is 16.1. The first-order valence-electron chi connectivity index (χ1n) is 6.69. The molecule has 0 radical (unpaired) electrons. The summed E-state index contributed by atoms with van der Waals surface area (Å²) in [6.45, 7) is 2.66. The molecule has 0 atom stereocenters. The average molecular weight is 403 g/mol. The third kappa shape index (κ3) is 4.63. The van der Waals surface area contributed by atoms with E-state index >= 15 is 0 Å². The summed E-state index contributed by atoms with van der Waals surface area (Å²) in [7, 11) is 0. The number of amides is 1. The van der Waals surface area contributed by atoms with Crippen molar-refractivity contribution in [2.24, 2.45) is 0 Å². The highest BCUT2D eigenvalue weighted by Gasteiger charge is 2.10. The average Bonchev–Trinajstić information content (AvgIpc) is 2.44. The van der Waals surface area contributed by atoms with Crippen LogP contribution in [0.25, 0.3) is 0 Å². The topological polar surface area (TPSA) is 38.3 Å². The summed E-state index contributed by atoms with van der Waals surface area (Å²) in [5, 5.41) is 3.69. The van der Waals surface area contributed by atoms with Crippen molar-refractivity contribution in [2.75, 3.05) is 11.9 Å². The van der Waals surface area contributed by atoms with E-state index in [4.69, 9.17) is 27.9 Å². The van der Waals surface area contributed by atoms with Gasteiger partial charge in [-0.1, -0.05) is 30.1 Å². The molecule has 1 amide bonds. The van der Waals surface area contributed by atoms with E-state index in [9.17, 15) is 4.79 Å². The molecular weight excluding hydrogens is 389 g/mol. The Kier molecular flexibility index (Phi) is 6.12. The Morgan fingerprint density at radius 2 is 1.86 bits per heavy atom. The number of nitrogens with one attached hydrogen (secondary N) is 1. The molecule has 22 heavy (non-hydrogen) atoms. The van der Waals surface area contributed by atoms with Crippen molar-refractivity contribution < 1.29 is 9.53 Å². The molecule has 0 spiro atoms. The summed E-state index contributed by atoms with van der Waals surface area (Å²) in [6, 6.07) is 10.1. The van der Waals surface area contributed by atoms with Crippen molar-refractivity contribution in [1.82, 2.24) is 0 Å². The number of carbonyl (C=O) groups is 1. The van der Waals surface area contributed by atoms with E-state index < -0.39 is 0 Å². The number of ether oxygens (including phenoxy) is 1. The first-order valence-corrected chi connectivity index (χ1v) is 8.24. The van der Waals surface area contributed by atoms with Crippen LogP contribution in [0.3, 0.4) is 0 Å². The molecule has 6 heteroatoms. The van der Waals surface area contributed by atoms with E-state index in [1.165, 1.54) is 0 Å². The predicted octanol–water partition coefficient (Wildman–Crippen LogP) is 5.80. The van der Waals surface area contributed by atoms with Gasteiger partial charge in [0.15, 0.2) is 0 Å². The molecule has 2 aromatic rings. The Morgan fingerprint density at radius 3 is 2.45 bits per heavy atom. The van der Waals surface area contributed by atoms with E-state index in [2.05, 4.69) is 21.2 Å². The van der Waals surface area contributed by atoms with Gasteiger partial charge in [0.2, 0.25) is 0 Å². The Balaban J connectivity index is 2.14. The molecule has 116 valence electrons. The number of carbonyl (C=O) groups excluding carboxylic acids is 1. The Hall–Kier alpha value is -1.23. The van der Waals surface area contributed by atoms with Gasteiger partial charge in [0.25, 0.3) is 5.91 Å². The minimum Gasteiger partial charge on any atom is -0.492 e. The molecule has 0 aliphatic carbocycles. The number of rotatable bonds is 5. The van der Waals surface area contributed by atoms with Crippen molar-refractivity contribution in [2.45, 2.75) is 13.3 Å². The van der Waals surface area contributed by atoms with Gasteiger partial charge in [0.05, 0.1) is 11.1 Å². The largest absolute Gasteiger partial charge is 0.492 e. The van der Waals surface area contributed by atoms with Crippen LogP contribution in [-0.2, 0) is 0 Å². The highest BCUT2D eigenvalue weighted by molar-refractivity contribution is 9.10. The Bertz CT molecular complexity index is 672. The molecule has 0 aliphatic rings. The number of hydrogen-bond donors (Lipinski definition) is 1. The fourth-order valence-corrected chi connectivity index (χ4v) is 2.82. The minimum absolute atomic E-state index is 0.249. The molecule has 2 rings (SSSR count). The maximum atomic E-state index is 12.3. The number of benzene rings is 2. The van der Waals surface area contributed by atoms with Crippen molar-refractivity contribution in [1.29, 1.82) is 0 Å². The first-order chi connectivity index (χ1) is 10.5. The zero-order valence-corrected chi connectivity index (χ0v) is 14.9. The molecule has 0 unspecified atom stereocenters. The van der Waals surface area contributed by atoms with Crippen molar-refractivity contribution in [3.8, 4) is 5.75 Å². The molecule has 0 saturated heterocycles. The van der Waals surface area contributed by atoms with E-state index in [-0.39, 0.29) is 5.91 Å². The second kappa shape index (κ2) is 7.86. The van der Waals surface area contributed by atoms with E-state index in [0.29, 0.717) is 33.7 Å². The lowest BCUT2D eigenvalue weighted by Crippen LogP contribution is -2.12. The highest BCUT2D eigenvalue weighted by Crippen LogP contribution is 2.27. The van der Waals surface area contributed by atoms with E-state index in [1.807, 2.05) is 6.92 Å². The van der Waals surface area contributed by atoms with Gasteiger partial charge in [-0.2, -0.15) is 0 Å². The smallest absolute Gasteiger partial charge is 0.255 e. The molecule has 0 heterocycles. The van der Waals surface area contributed by atoms with Crippen LogP contribution in [-0.4, -0.2) is 12.5 Å². The Labute approximate surface area is 147 Å². The normalized spacial score (nSPS) is 10.4. The predicted molar refractivity (Wildman–Crippen MR) is 94.3 cm³/mol. The minimum atomic E-state index is -0.249. The monoisotopic (exact) mass is 401 g/mol. The van der Waals surface area contributed by atoms with Crippen LogP contribution in [0.4, 0.5) is 5.69 Å². The zero-order valence-electron chi connectivity index (χ0n) is 11.8. The van der Waals surface area contributed by atoms with Crippen molar-refractivity contribution in [3.05, 3.63) is 56.5 Å². The lowest BCUT2D eigenvalue weighted by Gasteiger charge is -2.10. The van der Waals surface area contributed by atoms with Gasteiger partial charge < -0.3 is 10.1 Å². The van der Waals surface area contributed by atoms with Gasteiger partial charge in [-0.25, -0.2) is 0 Å². The van der Waals surface area contributed by atoms with Crippen molar-refractivity contribution >= 4 is 50.7 Å². The van der Waals surface area contributed by atoms with Crippen LogP contribution in [0.1, 0.15) is 23.7 Å². The van der Waals surface area contributed by atoms with Crippen LogP contribution < -0.4 is 10.1 Å². The highest BCUT2D eigenvalue weighted by atomic mass is 79.9. The fourth-order valence-electron chi connectivity index (χ4n) is 1.80. The maximum Gasteiger partial charge on any atom is 0.255 e. The summed E-state index contributed by atoms with van der Waals surface area (Å²) >= 11 is 15.2. The lowest BCUT2D eigenvalue weighted by molar-refractivity contribution is 0.102. The second-order valence-electron chi connectivity index (χ2n) is 4.61. The summed E-state index contributed by atoms with van der Waals surface area (Å²) in [5.41, 5.74) is 1.05. The van der Waals surface area contributed by atoms with Crippen LogP contribution in [0.15, 0.2) is 40.9 Å². The summed E-state index contributed by atoms with van der Waals surface area (Å²) in [6.07, 6.45) is 0.921. The maximum absolute atomic E-state index is 12.3. The SMILES string of the molecule is CCCOc1ccc(C(=O)Nc2cc(Cl)cc(Cl)c2)cc1Br. The number of anilines is 1. The molecule has 2 aromatic carbocycles. The van der Waals surface area contributed by atoms with Gasteiger partial charge >= 0.3 is 0 Å². The van der Waals surface area contributed by atoms with Crippen LogP contribution in [0.2, 0.25) is 10.0 Å². The van der Waals surface area contributed by atoms with E-state index in [1.54, 1.807) is 36.4 Å². The molecule has 3 nitrogen and oxygen atoms in total. The van der Waals surface area contributed by atoms with Gasteiger partial charge in [-0.15, -0.1) is 0 Å². The van der Waals surface area contributed by atoms with Gasteiger partial charge in [-0.3, -0.25) is 4.79 Å². The van der Waals surface area contributed by atoms with Crippen LogP contribution >= 0.6 is 39.1 Å². The molecule has 1 N–H and O–H groups in total. The standard InChI is InChI=1S/C16H14BrCl2NO2/c1-2-5-22-15-4-3-10(6-14(15)17)16(21)20-13-8-11(18)7-12(19)9-13/h3-4,6-9H,2,5H2,1H3,(H,20,21). The third-order valence-electron chi connectivity index (χ3n) is 2.78. The van der Waals surface area contributed by atoms with Crippen LogP contribution in [0, 0.1) is 0 Å². The van der Waals surface area contributed by atoms with Gasteiger partial charge in [-0.05, 0) is 58.7 Å². The lowest BCUT2D eigenvalue weighted by atomic mass is 10.2. The molecular formula is C16H14BrCl2NO2. The summed E-state index contributed by atoms with van der Waals surface area (Å²) in [4.78, 5) is 12.3. The molecule has 0 aliphatic heterocycles. The van der Waals surface area contributed by atoms with Gasteiger partial charge in [0.1, 0.15) is 5.75 Å². The van der Waals surface area contributed by atoms with Gasteiger partial charge in [0, 0.05) is 21.3 Å². The number of hydrogen-bond acceptors (Lipinski definition) is 2. The number of halogens is 3. The fraction of sp³-hybridized carbons (Fsp3) is 0.188. The summed E-state index contributed by atoms with van der Waals surface area (Å²) < 4.78 is 6.29. The third-order valence-corrected chi connectivity index (χ3v) is 3.83. The molecule has 0 aromatic heterocycles. The second-order valence-corrected chi connectivity index (χ2v) is 6.33. The molecule has 0 saturated carbocycles. The Morgan fingerprint density at radius 1 is 1.18 bits per heavy atom. The quantitative estimate of drug-likeness (QED) is 0.686. The van der Waals surface area contributed by atoms with Crippen molar-refractivity contribution in [3.63, 3.8) is 0 Å². The molecule has 0 bridgehead atoms. The summed E-state index contributed by atoms with van der Waals surface area (Å²) in [5.74, 6) is 0.463. The first kappa shape index (κ1) is 17.1. The van der Waals surface area contributed by atoms with E-state index in [0.717, 1.165) is 10.9 Å². The van der Waals surface area contributed by atoms with Crippen LogP contribution in [0.5, 0.6) is 5.75 Å².